The summed E-state index contributed by atoms with van der Waals surface area (Å²) in [5.74, 6) is 0.0181. The summed E-state index contributed by atoms with van der Waals surface area (Å²) in [4.78, 5) is 42.6. The van der Waals surface area contributed by atoms with Crippen LogP contribution in [0.5, 0.6) is 23.0 Å². The highest BCUT2D eigenvalue weighted by Gasteiger charge is 2.40. The zero-order valence-electron chi connectivity index (χ0n) is 23.5. The van der Waals surface area contributed by atoms with E-state index in [-0.39, 0.29) is 43.1 Å². The maximum Gasteiger partial charge on any atom is 0.416 e. The molecular weight excluding hydrogens is 571 g/mol. The number of carbonyl (C=O) groups excluding carboxylic acids is 3. The molecule has 3 aromatic carbocycles. The van der Waals surface area contributed by atoms with Crippen LogP contribution in [-0.2, 0) is 15.8 Å². The average Bonchev–Trinajstić information content (AvgIpc) is 3.11. The Kier molecular flexibility index (Phi) is 8.07. The van der Waals surface area contributed by atoms with Crippen molar-refractivity contribution in [3.63, 3.8) is 0 Å². The molecule has 43 heavy (non-hydrogen) atoms. The molecule has 0 spiro atoms. The first-order chi connectivity index (χ1) is 20.5. The highest BCUT2D eigenvalue weighted by atomic mass is 19.4. The third-order valence-electron chi connectivity index (χ3n) is 7.33. The van der Waals surface area contributed by atoms with Crippen molar-refractivity contribution in [2.24, 2.45) is 0 Å². The monoisotopic (exact) mass is 599 g/mol. The normalized spacial score (nSPS) is 16.5. The van der Waals surface area contributed by atoms with E-state index < -0.39 is 35.5 Å². The van der Waals surface area contributed by atoms with Gasteiger partial charge in [-0.15, -0.1) is 0 Å². The Hall–Kier alpha value is -4.94. The Labute approximate surface area is 244 Å². The van der Waals surface area contributed by atoms with Gasteiger partial charge >= 0.3 is 6.18 Å². The van der Waals surface area contributed by atoms with E-state index in [0.29, 0.717) is 28.6 Å². The van der Waals surface area contributed by atoms with Crippen molar-refractivity contribution in [1.29, 1.82) is 0 Å². The molecule has 3 aromatic rings. The van der Waals surface area contributed by atoms with Crippen LogP contribution in [0.4, 0.5) is 18.9 Å². The number of nitrogens with one attached hydrogen (secondary N) is 1. The minimum Gasteiger partial charge on any atom is -0.493 e. The molecule has 1 unspecified atom stereocenters. The number of piperazine rings is 1. The second kappa shape index (κ2) is 11.7. The van der Waals surface area contributed by atoms with Crippen molar-refractivity contribution in [2.45, 2.75) is 12.2 Å². The molecule has 3 amide bonds. The Morgan fingerprint density at radius 3 is 2.28 bits per heavy atom. The van der Waals surface area contributed by atoms with E-state index in [1.54, 1.807) is 18.2 Å². The van der Waals surface area contributed by atoms with E-state index in [1.807, 2.05) is 0 Å². The van der Waals surface area contributed by atoms with Crippen molar-refractivity contribution in [3.8, 4) is 34.1 Å². The van der Waals surface area contributed by atoms with Crippen molar-refractivity contribution >= 4 is 23.4 Å². The number of alkyl halides is 3. The van der Waals surface area contributed by atoms with Crippen molar-refractivity contribution < 1.29 is 46.5 Å². The predicted molar refractivity (Wildman–Crippen MR) is 149 cm³/mol. The fourth-order valence-corrected chi connectivity index (χ4v) is 5.11. The first-order valence-corrected chi connectivity index (χ1v) is 13.2. The van der Waals surface area contributed by atoms with Crippen LogP contribution >= 0.6 is 0 Å². The number of benzene rings is 3. The van der Waals surface area contributed by atoms with Crippen LogP contribution in [0.3, 0.4) is 0 Å². The summed E-state index contributed by atoms with van der Waals surface area (Å²) in [5.41, 5.74) is 0.249. The van der Waals surface area contributed by atoms with E-state index in [9.17, 15) is 27.6 Å². The number of methoxy groups -OCH3 is 3. The number of hydrogen-bond donors (Lipinski definition) is 1. The summed E-state index contributed by atoms with van der Waals surface area (Å²) in [5, 5.41) is 2.73. The molecule has 2 aliphatic heterocycles. The van der Waals surface area contributed by atoms with Gasteiger partial charge in [0.15, 0.2) is 18.1 Å². The van der Waals surface area contributed by atoms with Gasteiger partial charge in [0.1, 0.15) is 11.8 Å². The average molecular weight is 600 g/mol. The van der Waals surface area contributed by atoms with Gasteiger partial charge in [-0.25, -0.2) is 0 Å². The smallest absolute Gasteiger partial charge is 0.416 e. The number of fused-ring (bicyclic) bond motifs is 2. The Morgan fingerprint density at radius 1 is 0.930 bits per heavy atom. The number of rotatable bonds is 7. The zero-order valence-corrected chi connectivity index (χ0v) is 23.5. The summed E-state index contributed by atoms with van der Waals surface area (Å²) in [6.45, 7) is -0.194. The van der Waals surface area contributed by atoms with Crippen LogP contribution in [0.1, 0.15) is 15.9 Å². The molecule has 13 heteroatoms. The number of halogens is 3. The molecule has 10 nitrogen and oxygen atoms in total. The lowest BCUT2D eigenvalue weighted by Gasteiger charge is -2.39. The molecule has 226 valence electrons. The number of ether oxygens (including phenoxy) is 4. The van der Waals surface area contributed by atoms with Gasteiger partial charge in [0.05, 0.1) is 44.7 Å². The first kappa shape index (κ1) is 29.5. The Balaban J connectivity index is 1.31. The standard InChI is InChI=1S/C30H28F3N3O7/c1-40-24-13-20(14-25(41-2)27(24)42-3)43-16-26(37)35-9-10-36-23(15-35)28(38)34-22-8-7-18(12-21(22)29(36)39)17-5-4-6-19(11-17)30(31,32)33/h4-8,11-14,23H,9-10,15-16H2,1-3H3,(H,34,38). The fraction of sp³-hybridized carbons (Fsp3) is 0.300. The maximum atomic E-state index is 13.6. The second-order valence-electron chi connectivity index (χ2n) is 9.83. The molecule has 0 aliphatic carbocycles. The number of nitrogens with zero attached hydrogens (tertiary/aromatic N) is 2. The Bertz CT molecular complexity index is 1550. The third-order valence-corrected chi connectivity index (χ3v) is 7.33. The van der Waals surface area contributed by atoms with Crippen LogP contribution in [0, 0.1) is 0 Å². The molecule has 5 rings (SSSR count). The minimum absolute atomic E-state index is 0.0660. The molecule has 0 saturated carbocycles. The maximum absolute atomic E-state index is 13.6. The highest BCUT2D eigenvalue weighted by molar-refractivity contribution is 6.10. The highest BCUT2D eigenvalue weighted by Crippen LogP contribution is 2.41. The van der Waals surface area contributed by atoms with Gasteiger partial charge < -0.3 is 34.1 Å². The van der Waals surface area contributed by atoms with Crippen LogP contribution in [0.15, 0.2) is 54.6 Å². The molecule has 0 aromatic heterocycles. The summed E-state index contributed by atoms with van der Waals surface area (Å²) in [6, 6.07) is 11.4. The van der Waals surface area contributed by atoms with Crippen LogP contribution in [0.25, 0.3) is 11.1 Å². The van der Waals surface area contributed by atoms with Gasteiger partial charge in [-0.1, -0.05) is 18.2 Å². The molecule has 0 bridgehead atoms. The van der Waals surface area contributed by atoms with Gasteiger partial charge in [0.25, 0.3) is 11.8 Å². The molecular formula is C30H28F3N3O7. The van der Waals surface area contributed by atoms with E-state index in [0.717, 1.165) is 12.1 Å². The Morgan fingerprint density at radius 2 is 1.63 bits per heavy atom. The van der Waals surface area contributed by atoms with E-state index >= 15 is 0 Å². The van der Waals surface area contributed by atoms with E-state index in [4.69, 9.17) is 18.9 Å². The number of amides is 3. The molecule has 0 radical (unpaired) electrons. The van der Waals surface area contributed by atoms with Crippen LogP contribution in [0.2, 0.25) is 0 Å². The fourth-order valence-electron chi connectivity index (χ4n) is 5.11. The first-order valence-electron chi connectivity index (χ1n) is 13.2. The minimum atomic E-state index is -4.52. The zero-order chi connectivity index (χ0) is 30.9. The quantitative estimate of drug-likeness (QED) is 0.436. The summed E-state index contributed by atoms with van der Waals surface area (Å²) >= 11 is 0. The molecule has 1 fully saturated rings. The summed E-state index contributed by atoms with van der Waals surface area (Å²) in [7, 11) is 4.37. The second-order valence-corrected chi connectivity index (χ2v) is 9.83. The van der Waals surface area contributed by atoms with Crippen molar-refractivity contribution in [3.05, 3.63) is 65.7 Å². The SMILES string of the molecule is COc1cc(OCC(=O)N2CCN3C(=O)c4cc(-c5cccc(C(F)(F)F)c5)ccc4NC(=O)C3C2)cc(OC)c1OC. The largest absolute Gasteiger partial charge is 0.493 e. The van der Waals surface area contributed by atoms with Crippen LogP contribution < -0.4 is 24.3 Å². The van der Waals surface area contributed by atoms with Gasteiger partial charge in [-0.2, -0.15) is 13.2 Å². The molecule has 1 saturated heterocycles. The number of anilines is 1. The van der Waals surface area contributed by atoms with Crippen molar-refractivity contribution in [1.82, 2.24) is 9.80 Å². The lowest BCUT2D eigenvalue weighted by Crippen LogP contribution is -2.60. The molecule has 2 heterocycles. The van der Waals surface area contributed by atoms with E-state index in [1.165, 1.54) is 55.4 Å². The predicted octanol–water partition coefficient (Wildman–Crippen LogP) is 4.08. The summed E-state index contributed by atoms with van der Waals surface area (Å²) in [6.07, 6.45) is -4.52. The van der Waals surface area contributed by atoms with Crippen LogP contribution in [-0.4, -0.2) is 81.1 Å². The van der Waals surface area contributed by atoms with Gasteiger partial charge in [-0.3, -0.25) is 14.4 Å². The summed E-state index contributed by atoms with van der Waals surface area (Å²) < 4.78 is 61.4. The third kappa shape index (κ3) is 5.87. The molecule has 2 aliphatic rings. The molecule has 1 atom stereocenters. The van der Waals surface area contributed by atoms with Gasteiger partial charge in [0.2, 0.25) is 11.7 Å². The molecule has 1 N–H and O–H groups in total. The number of carbonyl (C=O) groups is 3. The van der Waals surface area contributed by atoms with E-state index in [2.05, 4.69) is 5.32 Å². The number of hydrogen-bond acceptors (Lipinski definition) is 7. The van der Waals surface area contributed by atoms with Gasteiger partial charge in [-0.05, 0) is 35.4 Å². The lowest BCUT2D eigenvalue weighted by atomic mass is 9.99. The topological polar surface area (TPSA) is 107 Å². The lowest BCUT2D eigenvalue weighted by molar-refractivity contribution is -0.138. The van der Waals surface area contributed by atoms with Gasteiger partial charge in [0, 0.05) is 25.2 Å². The van der Waals surface area contributed by atoms with Crippen molar-refractivity contribution in [2.75, 3.05) is 52.9 Å².